The van der Waals surface area contributed by atoms with Crippen LogP contribution >= 0.6 is 11.8 Å². The Morgan fingerprint density at radius 1 is 0.970 bits per heavy atom. The first-order valence-electron chi connectivity index (χ1n) is 11.4. The summed E-state index contributed by atoms with van der Waals surface area (Å²) in [6.45, 7) is 2.13. The van der Waals surface area contributed by atoms with Crippen LogP contribution in [-0.4, -0.2) is 54.3 Å². The summed E-state index contributed by atoms with van der Waals surface area (Å²) in [7, 11) is -3.71. The minimum Gasteiger partial charge on any atom is -0.341 e. The van der Waals surface area contributed by atoms with Crippen LogP contribution in [0.2, 0.25) is 0 Å². The molecule has 2 amide bonds. The number of hydrogen-bond donors (Lipinski definition) is 1. The van der Waals surface area contributed by atoms with Gasteiger partial charge in [0.1, 0.15) is 0 Å². The van der Waals surface area contributed by atoms with Crippen LogP contribution in [-0.2, 0) is 32.6 Å². The first-order valence-corrected chi connectivity index (χ1v) is 13.7. The fraction of sp³-hybridized carbons (Fsp3) is 0.417. The van der Waals surface area contributed by atoms with E-state index in [0.717, 1.165) is 31.2 Å². The van der Waals surface area contributed by atoms with E-state index in [2.05, 4.69) is 5.32 Å². The number of carbonyl (C=O) groups excluding carboxylic acids is 2. The van der Waals surface area contributed by atoms with Gasteiger partial charge in [-0.05, 0) is 48.6 Å². The molecule has 1 saturated heterocycles. The molecule has 7 nitrogen and oxygen atoms in total. The molecule has 2 aromatic rings. The van der Waals surface area contributed by atoms with Gasteiger partial charge in [0.25, 0.3) is 0 Å². The number of thioether (sulfide) groups is 1. The summed E-state index contributed by atoms with van der Waals surface area (Å²) in [5, 5.41) is 1.95. The maximum Gasteiger partial charge on any atom is 0.247 e. The van der Waals surface area contributed by atoms with E-state index in [-0.39, 0.29) is 16.7 Å². The molecule has 33 heavy (non-hydrogen) atoms. The van der Waals surface area contributed by atoms with Crippen molar-refractivity contribution in [3.05, 3.63) is 53.6 Å². The van der Waals surface area contributed by atoms with Gasteiger partial charge in [-0.2, -0.15) is 4.31 Å². The minimum absolute atomic E-state index is 0.152. The van der Waals surface area contributed by atoms with Crippen molar-refractivity contribution >= 4 is 39.3 Å². The van der Waals surface area contributed by atoms with Gasteiger partial charge in [0.05, 0.1) is 10.6 Å². The second kappa shape index (κ2) is 9.12. The monoisotopic (exact) mass is 485 g/mol. The summed E-state index contributed by atoms with van der Waals surface area (Å²) in [6.07, 6.45) is 4.81. The summed E-state index contributed by atoms with van der Waals surface area (Å²) < 4.78 is 28.1. The maximum atomic E-state index is 13.3. The second-order valence-corrected chi connectivity index (χ2v) is 11.8. The zero-order chi connectivity index (χ0) is 23.0. The van der Waals surface area contributed by atoms with Crippen molar-refractivity contribution in [2.24, 2.45) is 0 Å². The van der Waals surface area contributed by atoms with Crippen molar-refractivity contribution in [3.8, 4) is 0 Å². The molecule has 1 atom stereocenters. The van der Waals surface area contributed by atoms with E-state index in [1.165, 1.54) is 27.7 Å². The standard InChI is InChI=1S/C24H27N3O4S2/c28-23-22(24(29)26-12-5-1-2-6-13-26)32-21-10-9-19(15-20(21)25-23)33(30,31)27-14-11-17-7-3-4-8-18(17)16-27/h3-4,7-10,15,22H,1-2,5-6,11-14,16H2,(H,25,28)/t22-/m0/s1. The third-order valence-electron chi connectivity index (χ3n) is 6.57. The summed E-state index contributed by atoms with van der Waals surface area (Å²) in [5.41, 5.74) is 2.64. The lowest BCUT2D eigenvalue weighted by molar-refractivity contribution is -0.133. The highest BCUT2D eigenvalue weighted by molar-refractivity contribution is 8.01. The number of fused-ring (bicyclic) bond motifs is 2. The van der Waals surface area contributed by atoms with Gasteiger partial charge >= 0.3 is 0 Å². The van der Waals surface area contributed by atoms with Crippen LogP contribution < -0.4 is 5.32 Å². The van der Waals surface area contributed by atoms with Crippen LogP contribution in [0.25, 0.3) is 0 Å². The Hall–Kier alpha value is -2.36. The maximum absolute atomic E-state index is 13.3. The predicted octanol–water partition coefficient (Wildman–Crippen LogP) is 3.25. The Morgan fingerprint density at radius 3 is 2.45 bits per heavy atom. The van der Waals surface area contributed by atoms with Gasteiger partial charge in [0, 0.05) is 31.1 Å². The molecule has 0 radical (unpaired) electrons. The van der Waals surface area contributed by atoms with Gasteiger partial charge in [-0.15, -0.1) is 11.8 Å². The molecule has 0 aliphatic carbocycles. The van der Waals surface area contributed by atoms with E-state index in [4.69, 9.17) is 0 Å². The molecule has 0 spiro atoms. The van der Waals surface area contributed by atoms with Crippen molar-refractivity contribution in [2.45, 2.75) is 53.7 Å². The Morgan fingerprint density at radius 2 is 1.70 bits per heavy atom. The Bertz CT molecular complexity index is 1190. The molecule has 0 saturated carbocycles. The van der Waals surface area contributed by atoms with Crippen LogP contribution in [0.5, 0.6) is 0 Å². The molecule has 3 aliphatic rings. The Labute approximate surface area is 198 Å². The lowest BCUT2D eigenvalue weighted by Gasteiger charge is -2.30. The van der Waals surface area contributed by atoms with Gasteiger partial charge < -0.3 is 10.2 Å². The van der Waals surface area contributed by atoms with Crippen LogP contribution in [0.1, 0.15) is 36.8 Å². The number of anilines is 1. The van der Waals surface area contributed by atoms with E-state index in [9.17, 15) is 18.0 Å². The molecule has 0 unspecified atom stereocenters. The molecule has 174 valence electrons. The van der Waals surface area contributed by atoms with Crippen molar-refractivity contribution in [3.63, 3.8) is 0 Å². The Balaban J connectivity index is 1.35. The number of nitrogens with one attached hydrogen (secondary N) is 1. The zero-order valence-corrected chi connectivity index (χ0v) is 20.0. The van der Waals surface area contributed by atoms with E-state index >= 15 is 0 Å². The van der Waals surface area contributed by atoms with Crippen molar-refractivity contribution in [1.29, 1.82) is 0 Å². The molecular formula is C24H27N3O4S2. The first kappa shape index (κ1) is 22.4. The summed E-state index contributed by atoms with van der Waals surface area (Å²) >= 11 is 1.21. The second-order valence-electron chi connectivity index (χ2n) is 8.74. The smallest absolute Gasteiger partial charge is 0.247 e. The molecular weight excluding hydrogens is 458 g/mol. The van der Waals surface area contributed by atoms with Crippen LogP contribution in [0.3, 0.4) is 0 Å². The third kappa shape index (κ3) is 4.41. The van der Waals surface area contributed by atoms with Gasteiger partial charge in [-0.1, -0.05) is 37.1 Å². The summed E-state index contributed by atoms with van der Waals surface area (Å²) in [4.78, 5) is 28.4. The Kier molecular flexibility index (Phi) is 6.20. The third-order valence-corrected chi connectivity index (χ3v) is 9.67. The quantitative estimate of drug-likeness (QED) is 0.675. The number of nitrogens with zero attached hydrogens (tertiary/aromatic N) is 2. The topological polar surface area (TPSA) is 86.8 Å². The molecule has 0 bridgehead atoms. The van der Waals surface area contributed by atoms with Crippen LogP contribution in [0, 0.1) is 0 Å². The van der Waals surface area contributed by atoms with Crippen LogP contribution in [0.4, 0.5) is 5.69 Å². The summed E-state index contributed by atoms with van der Waals surface area (Å²) in [6, 6.07) is 12.7. The average molecular weight is 486 g/mol. The molecule has 5 rings (SSSR count). The number of likely N-dealkylation sites (tertiary alicyclic amines) is 1. The SMILES string of the molecule is O=C1Nc2cc(S(=O)(=O)N3CCc4ccccc4C3)ccc2S[C@@H]1C(=O)N1CCCCCC1. The van der Waals surface area contributed by atoms with Crippen molar-refractivity contribution < 1.29 is 18.0 Å². The van der Waals surface area contributed by atoms with Crippen molar-refractivity contribution in [2.75, 3.05) is 25.0 Å². The number of hydrogen-bond acceptors (Lipinski definition) is 5. The molecule has 9 heteroatoms. The highest BCUT2D eigenvalue weighted by Crippen LogP contribution is 2.38. The first-order chi connectivity index (χ1) is 15.9. The zero-order valence-electron chi connectivity index (χ0n) is 18.3. The highest BCUT2D eigenvalue weighted by atomic mass is 32.2. The van der Waals surface area contributed by atoms with Gasteiger partial charge in [0.2, 0.25) is 21.8 Å². The molecule has 0 aromatic heterocycles. The van der Waals surface area contributed by atoms with Gasteiger partial charge in [-0.3, -0.25) is 9.59 Å². The number of rotatable bonds is 3. The lowest BCUT2D eigenvalue weighted by atomic mass is 10.0. The number of sulfonamides is 1. The molecule has 1 N–H and O–H groups in total. The lowest BCUT2D eigenvalue weighted by Crippen LogP contribution is -2.45. The summed E-state index contributed by atoms with van der Waals surface area (Å²) in [5.74, 6) is -0.545. The predicted molar refractivity (Wildman–Crippen MR) is 128 cm³/mol. The largest absolute Gasteiger partial charge is 0.341 e. The molecule has 2 aromatic carbocycles. The number of amides is 2. The normalized spacial score (nSPS) is 21.5. The van der Waals surface area contributed by atoms with E-state index < -0.39 is 15.3 Å². The molecule has 1 fully saturated rings. The van der Waals surface area contributed by atoms with Gasteiger partial charge in [0.15, 0.2) is 5.25 Å². The number of carbonyl (C=O) groups is 2. The molecule has 3 heterocycles. The van der Waals surface area contributed by atoms with Gasteiger partial charge in [-0.25, -0.2) is 8.42 Å². The minimum atomic E-state index is -3.71. The molecule has 3 aliphatic heterocycles. The number of benzene rings is 2. The van der Waals surface area contributed by atoms with Crippen LogP contribution in [0.15, 0.2) is 52.3 Å². The van der Waals surface area contributed by atoms with E-state index in [1.54, 1.807) is 17.0 Å². The van der Waals surface area contributed by atoms with E-state index in [0.29, 0.717) is 43.2 Å². The van der Waals surface area contributed by atoms with E-state index in [1.807, 2.05) is 24.3 Å². The van der Waals surface area contributed by atoms with Crippen molar-refractivity contribution in [1.82, 2.24) is 9.21 Å². The fourth-order valence-electron chi connectivity index (χ4n) is 4.69. The highest BCUT2D eigenvalue weighted by Gasteiger charge is 2.37. The average Bonchev–Trinajstić information content (AvgIpc) is 3.12. The fourth-order valence-corrected chi connectivity index (χ4v) is 7.19.